The number of nitrogens with zero attached hydrogens (tertiary/aromatic N) is 4. The molecule has 3 heterocycles. The van der Waals surface area contributed by atoms with Gasteiger partial charge in [-0.3, -0.25) is 4.79 Å². The molecule has 3 aromatic rings. The smallest absolute Gasteiger partial charge is 0.241 e. The molecule has 1 aromatic carbocycles. The van der Waals surface area contributed by atoms with E-state index in [9.17, 15) is 4.79 Å². The highest BCUT2D eigenvalue weighted by Gasteiger charge is 2.38. The molecule has 8 nitrogen and oxygen atoms in total. The van der Waals surface area contributed by atoms with Crippen molar-refractivity contribution in [2.75, 3.05) is 20.3 Å². The Morgan fingerprint density at radius 2 is 1.87 bits per heavy atom. The Morgan fingerprint density at radius 1 is 1.18 bits per heavy atom. The Morgan fingerprint density at radius 3 is 2.51 bits per heavy atom. The summed E-state index contributed by atoms with van der Waals surface area (Å²) in [6.07, 6.45) is 1.96. The standard InChI is InChI=1S/C29H41ClN4O4Si/c1-19(21-9-11-23(36-6)12-10-21)34-17-22(15-26(34)35)20(2)38-28-27-24(16-25(30)32-28)31-18-33(27)13-14-37-39(7,8)29(3,4)5/h9-12,16,18-20,22H,13-15,17H2,1-8H3/t19-,20-,22?/m1/s1. The lowest BCUT2D eigenvalue weighted by Crippen LogP contribution is -2.41. The van der Waals surface area contributed by atoms with Gasteiger partial charge in [0.2, 0.25) is 11.8 Å². The molecule has 0 spiro atoms. The van der Waals surface area contributed by atoms with Crippen LogP contribution in [0.5, 0.6) is 11.6 Å². The number of hydrogen-bond donors (Lipinski definition) is 0. The van der Waals surface area contributed by atoms with Crippen molar-refractivity contribution in [1.29, 1.82) is 0 Å². The van der Waals surface area contributed by atoms with Crippen LogP contribution >= 0.6 is 11.6 Å². The van der Waals surface area contributed by atoms with Crippen LogP contribution in [-0.2, 0) is 15.8 Å². The predicted molar refractivity (Wildman–Crippen MR) is 157 cm³/mol. The molecule has 1 saturated heterocycles. The first-order valence-electron chi connectivity index (χ1n) is 13.6. The molecule has 212 valence electrons. The van der Waals surface area contributed by atoms with Crippen LogP contribution in [0.3, 0.4) is 0 Å². The number of rotatable bonds is 10. The van der Waals surface area contributed by atoms with Gasteiger partial charge in [-0.25, -0.2) is 4.98 Å². The fourth-order valence-electron chi connectivity index (χ4n) is 4.68. The van der Waals surface area contributed by atoms with Crippen molar-refractivity contribution in [2.24, 2.45) is 5.92 Å². The third-order valence-electron chi connectivity index (χ3n) is 8.35. The van der Waals surface area contributed by atoms with Crippen LogP contribution in [0.25, 0.3) is 11.0 Å². The molecule has 1 fully saturated rings. The van der Waals surface area contributed by atoms with Gasteiger partial charge in [-0.15, -0.1) is 0 Å². The molecule has 4 rings (SSSR count). The summed E-state index contributed by atoms with van der Waals surface area (Å²) in [6, 6.07) is 9.56. The number of fused-ring (bicyclic) bond motifs is 1. The summed E-state index contributed by atoms with van der Waals surface area (Å²) < 4.78 is 20.1. The molecule has 1 amide bonds. The third-order valence-corrected chi connectivity index (χ3v) is 13.1. The van der Waals surface area contributed by atoms with Crippen LogP contribution in [-0.4, -0.2) is 60.0 Å². The molecule has 39 heavy (non-hydrogen) atoms. The third kappa shape index (κ3) is 6.42. The summed E-state index contributed by atoms with van der Waals surface area (Å²) in [5.74, 6) is 1.37. The SMILES string of the molecule is COc1ccc([C@@H](C)N2CC([C@@H](C)Oc3nc(Cl)cc4ncn(CCO[Si](C)(C)C(C)(C)C)c34)CC2=O)cc1. The number of imidazole rings is 1. The van der Waals surface area contributed by atoms with Gasteiger partial charge >= 0.3 is 0 Å². The van der Waals surface area contributed by atoms with E-state index in [1.54, 1.807) is 19.5 Å². The largest absolute Gasteiger partial charge is 0.497 e. The van der Waals surface area contributed by atoms with Crippen molar-refractivity contribution >= 4 is 36.9 Å². The summed E-state index contributed by atoms with van der Waals surface area (Å²) in [5.41, 5.74) is 2.58. The number of amides is 1. The number of ether oxygens (including phenoxy) is 2. The van der Waals surface area contributed by atoms with Gasteiger partial charge in [0.25, 0.3) is 0 Å². The summed E-state index contributed by atoms with van der Waals surface area (Å²) in [4.78, 5) is 24.0. The van der Waals surface area contributed by atoms with Crippen molar-refractivity contribution in [2.45, 2.75) is 77.9 Å². The van der Waals surface area contributed by atoms with Gasteiger partial charge < -0.3 is 23.4 Å². The predicted octanol–water partition coefficient (Wildman–Crippen LogP) is 6.49. The van der Waals surface area contributed by atoms with Gasteiger partial charge in [-0.05, 0) is 49.7 Å². The summed E-state index contributed by atoms with van der Waals surface area (Å²) >= 11 is 6.34. The van der Waals surface area contributed by atoms with E-state index in [4.69, 9.17) is 25.5 Å². The minimum Gasteiger partial charge on any atom is -0.497 e. The number of carbonyl (C=O) groups excluding carboxylic acids is 1. The van der Waals surface area contributed by atoms with Crippen molar-refractivity contribution in [3.8, 4) is 11.6 Å². The topological polar surface area (TPSA) is 78.7 Å². The number of aromatic nitrogens is 3. The zero-order valence-corrected chi connectivity index (χ0v) is 26.1. The highest BCUT2D eigenvalue weighted by atomic mass is 35.5. The summed E-state index contributed by atoms with van der Waals surface area (Å²) in [7, 11) is -0.223. The van der Waals surface area contributed by atoms with E-state index in [0.717, 1.165) is 22.3 Å². The summed E-state index contributed by atoms with van der Waals surface area (Å²) in [6.45, 7) is 17.1. The molecule has 1 aliphatic heterocycles. The minimum atomic E-state index is -1.87. The van der Waals surface area contributed by atoms with Gasteiger partial charge in [-0.2, -0.15) is 4.98 Å². The Labute approximate surface area is 237 Å². The van der Waals surface area contributed by atoms with E-state index in [-0.39, 0.29) is 29.0 Å². The lowest BCUT2D eigenvalue weighted by Gasteiger charge is -2.36. The van der Waals surface area contributed by atoms with Gasteiger partial charge in [0.15, 0.2) is 8.32 Å². The fourth-order valence-corrected chi connectivity index (χ4v) is 5.90. The first-order chi connectivity index (χ1) is 18.3. The lowest BCUT2D eigenvalue weighted by molar-refractivity contribution is -0.129. The molecular weight excluding hydrogens is 532 g/mol. The van der Waals surface area contributed by atoms with Crippen molar-refractivity contribution in [1.82, 2.24) is 19.4 Å². The zero-order chi connectivity index (χ0) is 28.5. The maximum Gasteiger partial charge on any atom is 0.241 e. The van der Waals surface area contributed by atoms with E-state index in [0.29, 0.717) is 37.2 Å². The first kappa shape index (κ1) is 29.4. The first-order valence-corrected chi connectivity index (χ1v) is 16.8. The molecule has 0 saturated carbocycles. The average Bonchev–Trinajstić information content (AvgIpc) is 3.46. The van der Waals surface area contributed by atoms with E-state index >= 15 is 0 Å². The van der Waals surface area contributed by atoms with Crippen LogP contribution < -0.4 is 9.47 Å². The average molecular weight is 573 g/mol. The monoisotopic (exact) mass is 572 g/mol. The second-order valence-corrected chi connectivity index (χ2v) is 17.1. The minimum absolute atomic E-state index is 0.0207. The van der Waals surface area contributed by atoms with Crippen LogP contribution in [0.2, 0.25) is 23.3 Å². The molecule has 3 atom stereocenters. The molecule has 2 aromatic heterocycles. The van der Waals surface area contributed by atoms with Gasteiger partial charge in [0.1, 0.15) is 22.5 Å². The normalized spacial score (nSPS) is 18.0. The number of benzene rings is 1. The molecule has 1 aliphatic rings. The highest BCUT2D eigenvalue weighted by Crippen LogP contribution is 2.37. The van der Waals surface area contributed by atoms with Crippen molar-refractivity contribution in [3.05, 3.63) is 47.4 Å². The Hall–Kier alpha value is -2.62. The van der Waals surface area contributed by atoms with Gasteiger partial charge in [0, 0.05) is 31.5 Å². The second kappa shape index (κ2) is 11.5. The van der Waals surface area contributed by atoms with Crippen LogP contribution in [0.1, 0.15) is 52.6 Å². The number of hydrogen-bond acceptors (Lipinski definition) is 6. The van der Waals surface area contributed by atoms with E-state index in [2.05, 4.69) is 50.8 Å². The highest BCUT2D eigenvalue weighted by molar-refractivity contribution is 6.74. The van der Waals surface area contributed by atoms with Crippen LogP contribution in [0.15, 0.2) is 36.7 Å². The quantitative estimate of drug-likeness (QED) is 0.204. The summed E-state index contributed by atoms with van der Waals surface area (Å²) in [5, 5.41) is 0.463. The van der Waals surface area contributed by atoms with Gasteiger partial charge in [-0.1, -0.05) is 44.5 Å². The number of methoxy groups -OCH3 is 1. The zero-order valence-electron chi connectivity index (χ0n) is 24.3. The number of likely N-dealkylation sites (tertiary alicyclic amines) is 1. The van der Waals surface area contributed by atoms with E-state index in [1.165, 1.54) is 0 Å². The molecule has 0 N–H and O–H groups in total. The lowest BCUT2D eigenvalue weighted by atomic mass is 10.0. The van der Waals surface area contributed by atoms with Gasteiger partial charge in [0.05, 0.1) is 31.6 Å². The second-order valence-electron chi connectivity index (χ2n) is 11.9. The number of halogens is 1. The number of pyridine rings is 1. The van der Waals surface area contributed by atoms with Crippen molar-refractivity contribution < 1.29 is 18.7 Å². The molecule has 0 aliphatic carbocycles. The van der Waals surface area contributed by atoms with Crippen LogP contribution in [0, 0.1) is 5.92 Å². The Balaban J connectivity index is 1.47. The van der Waals surface area contributed by atoms with Crippen LogP contribution in [0.4, 0.5) is 0 Å². The van der Waals surface area contributed by atoms with Crippen molar-refractivity contribution in [3.63, 3.8) is 0 Å². The fraction of sp³-hybridized carbons (Fsp3) is 0.552. The molecule has 1 unspecified atom stereocenters. The maximum absolute atomic E-state index is 13.0. The maximum atomic E-state index is 13.0. The Bertz CT molecular complexity index is 1310. The molecule has 0 radical (unpaired) electrons. The molecular formula is C29H41ClN4O4Si. The Kier molecular flexibility index (Phi) is 8.63. The molecule has 10 heteroatoms. The number of carbonyl (C=O) groups is 1. The molecule has 0 bridgehead atoms. The van der Waals surface area contributed by atoms with E-state index < -0.39 is 8.32 Å². The van der Waals surface area contributed by atoms with E-state index in [1.807, 2.05) is 40.7 Å².